The molecule has 0 atom stereocenters. The highest BCUT2D eigenvalue weighted by molar-refractivity contribution is 5.77. The minimum atomic E-state index is 0.319. The maximum absolute atomic E-state index is 9.90. The molecule has 0 saturated carbocycles. The molecule has 92 valence electrons. The first-order valence-electron chi connectivity index (χ1n) is 6.08. The average molecular weight is 231 g/mol. The van der Waals surface area contributed by atoms with Crippen molar-refractivity contribution < 1.29 is 5.11 Å². The largest absolute Gasteiger partial charge is 0.507 e. The first kappa shape index (κ1) is 13.5. The van der Waals surface area contributed by atoms with Gasteiger partial charge in [-0.3, -0.25) is 0 Å². The summed E-state index contributed by atoms with van der Waals surface area (Å²) in [5.41, 5.74) is 8.63. The van der Waals surface area contributed by atoms with Crippen molar-refractivity contribution in [2.75, 3.05) is 6.54 Å². The van der Waals surface area contributed by atoms with Gasteiger partial charge in [-0.25, -0.2) is 0 Å². The Hall–Kier alpha value is -1.54. The second-order valence-electron chi connectivity index (χ2n) is 3.94. The highest BCUT2D eigenvalue weighted by Gasteiger charge is 2.05. The van der Waals surface area contributed by atoms with Crippen LogP contribution < -0.4 is 5.73 Å². The SMILES string of the molecule is C/C=C(\C=C/CC)c1cc(CCN)ccc1O. The molecular weight excluding hydrogens is 210 g/mol. The number of nitrogens with two attached hydrogens (primary N) is 1. The number of hydrogen-bond donors (Lipinski definition) is 2. The van der Waals surface area contributed by atoms with Gasteiger partial charge in [0.2, 0.25) is 0 Å². The smallest absolute Gasteiger partial charge is 0.123 e. The molecule has 0 aliphatic rings. The van der Waals surface area contributed by atoms with Crippen molar-refractivity contribution in [3.63, 3.8) is 0 Å². The van der Waals surface area contributed by atoms with Crippen molar-refractivity contribution in [1.82, 2.24) is 0 Å². The third-order valence-corrected chi connectivity index (χ3v) is 2.65. The Balaban J connectivity index is 3.09. The van der Waals surface area contributed by atoms with E-state index in [1.54, 1.807) is 6.07 Å². The van der Waals surface area contributed by atoms with E-state index in [1.807, 2.05) is 31.2 Å². The van der Waals surface area contributed by atoms with Crippen LogP contribution in [0.1, 0.15) is 31.4 Å². The molecule has 2 nitrogen and oxygen atoms in total. The Morgan fingerprint density at radius 3 is 2.76 bits per heavy atom. The summed E-state index contributed by atoms with van der Waals surface area (Å²) in [7, 11) is 0. The number of hydrogen-bond acceptors (Lipinski definition) is 2. The summed E-state index contributed by atoms with van der Waals surface area (Å²) in [6.45, 7) is 4.69. The standard InChI is InChI=1S/C15H21NO/c1-3-5-6-13(4-2)14-11-12(9-10-16)7-8-15(14)17/h4-8,11,17H,3,9-10,16H2,1-2H3/b6-5-,13-4+. The highest BCUT2D eigenvalue weighted by atomic mass is 16.3. The molecule has 0 saturated heterocycles. The van der Waals surface area contributed by atoms with Gasteiger partial charge in [-0.2, -0.15) is 0 Å². The zero-order chi connectivity index (χ0) is 12.7. The summed E-state index contributed by atoms with van der Waals surface area (Å²) in [6, 6.07) is 5.67. The van der Waals surface area contributed by atoms with Gasteiger partial charge in [0.1, 0.15) is 5.75 Å². The van der Waals surface area contributed by atoms with Crippen molar-refractivity contribution in [2.45, 2.75) is 26.7 Å². The molecule has 17 heavy (non-hydrogen) atoms. The number of phenols is 1. The maximum atomic E-state index is 9.90. The third kappa shape index (κ3) is 3.75. The molecule has 1 rings (SSSR count). The molecule has 0 radical (unpaired) electrons. The second kappa shape index (κ2) is 6.92. The van der Waals surface area contributed by atoms with Gasteiger partial charge >= 0.3 is 0 Å². The van der Waals surface area contributed by atoms with Crippen molar-refractivity contribution in [3.8, 4) is 5.75 Å². The molecular formula is C15H21NO. The van der Waals surface area contributed by atoms with Crippen LogP contribution in [0.5, 0.6) is 5.75 Å². The summed E-state index contributed by atoms with van der Waals surface area (Å²) in [4.78, 5) is 0. The Morgan fingerprint density at radius 1 is 1.41 bits per heavy atom. The molecule has 1 aromatic carbocycles. The number of rotatable bonds is 5. The molecule has 0 aliphatic heterocycles. The lowest BCUT2D eigenvalue weighted by Gasteiger charge is -2.08. The Bertz CT molecular complexity index is 419. The number of aromatic hydroxyl groups is 1. The average Bonchev–Trinajstić information content (AvgIpc) is 2.34. The van der Waals surface area contributed by atoms with Crippen LogP contribution in [-0.2, 0) is 6.42 Å². The van der Waals surface area contributed by atoms with E-state index in [0.29, 0.717) is 12.3 Å². The molecule has 0 amide bonds. The Labute approximate surface area is 103 Å². The van der Waals surface area contributed by atoms with Crippen LogP contribution in [-0.4, -0.2) is 11.7 Å². The van der Waals surface area contributed by atoms with Crippen LogP contribution in [0.4, 0.5) is 0 Å². The topological polar surface area (TPSA) is 46.2 Å². The number of benzene rings is 1. The fourth-order valence-corrected chi connectivity index (χ4v) is 1.72. The lowest BCUT2D eigenvalue weighted by molar-refractivity contribution is 0.473. The first-order chi connectivity index (χ1) is 8.22. The predicted molar refractivity (Wildman–Crippen MR) is 73.9 cm³/mol. The molecule has 3 N–H and O–H groups in total. The minimum absolute atomic E-state index is 0.319. The Kier molecular flexibility index (Phi) is 5.50. The van der Waals surface area contributed by atoms with E-state index in [4.69, 9.17) is 5.73 Å². The lowest BCUT2D eigenvalue weighted by atomic mass is 10.00. The van der Waals surface area contributed by atoms with E-state index < -0.39 is 0 Å². The van der Waals surface area contributed by atoms with Crippen LogP contribution in [0.3, 0.4) is 0 Å². The Morgan fingerprint density at radius 2 is 2.18 bits per heavy atom. The zero-order valence-electron chi connectivity index (χ0n) is 10.6. The lowest BCUT2D eigenvalue weighted by Crippen LogP contribution is -2.02. The predicted octanol–water partition coefficient (Wildman–Crippen LogP) is 3.26. The summed E-state index contributed by atoms with van der Waals surface area (Å²) in [5.74, 6) is 0.319. The van der Waals surface area contributed by atoms with Crippen LogP contribution >= 0.6 is 0 Å². The highest BCUT2D eigenvalue weighted by Crippen LogP contribution is 2.27. The number of phenolic OH excluding ortho intramolecular Hbond substituents is 1. The molecule has 2 heteroatoms. The van der Waals surface area contributed by atoms with Crippen LogP contribution in [0, 0.1) is 0 Å². The van der Waals surface area contributed by atoms with E-state index in [0.717, 1.165) is 29.5 Å². The monoisotopic (exact) mass is 231 g/mol. The second-order valence-corrected chi connectivity index (χ2v) is 3.94. The molecule has 0 heterocycles. The van der Waals surface area contributed by atoms with Gasteiger partial charge in [0, 0.05) is 5.56 Å². The van der Waals surface area contributed by atoms with Gasteiger partial charge in [-0.15, -0.1) is 0 Å². The van der Waals surface area contributed by atoms with Gasteiger partial charge in [0.25, 0.3) is 0 Å². The normalized spacial score (nSPS) is 12.3. The summed E-state index contributed by atoms with van der Waals surface area (Å²) < 4.78 is 0. The van der Waals surface area contributed by atoms with E-state index in [2.05, 4.69) is 13.0 Å². The molecule has 0 aromatic heterocycles. The third-order valence-electron chi connectivity index (χ3n) is 2.65. The van der Waals surface area contributed by atoms with Crippen molar-refractivity contribution in [1.29, 1.82) is 0 Å². The molecule has 0 spiro atoms. The van der Waals surface area contributed by atoms with Gasteiger partial charge < -0.3 is 10.8 Å². The van der Waals surface area contributed by atoms with Crippen molar-refractivity contribution in [2.24, 2.45) is 5.73 Å². The molecule has 1 aromatic rings. The summed E-state index contributed by atoms with van der Waals surface area (Å²) in [6.07, 6.45) is 7.96. The molecule has 0 aliphatic carbocycles. The van der Waals surface area contributed by atoms with Gasteiger partial charge in [0.15, 0.2) is 0 Å². The summed E-state index contributed by atoms with van der Waals surface area (Å²) >= 11 is 0. The van der Waals surface area contributed by atoms with E-state index >= 15 is 0 Å². The fourth-order valence-electron chi connectivity index (χ4n) is 1.72. The van der Waals surface area contributed by atoms with Crippen LogP contribution in [0.25, 0.3) is 5.57 Å². The van der Waals surface area contributed by atoms with E-state index in [1.165, 1.54) is 0 Å². The first-order valence-corrected chi connectivity index (χ1v) is 6.08. The van der Waals surface area contributed by atoms with Crippen LogP contribution in [0.2, 0.25) is 0 Å². The van der Waals surface area contributed by atoms with Gasteiger partial charge in [0.05, 0.1) is 0 Å². The van der Waals surface area contributed by atoms with Crippen LogP contribution in [0.15, 0.2) is 36.4 Å². The summed E-state index contributed by atoms with van der Waals surface area (Å²) in [5, 5.41) is 9.90. The van der Waals surface area contributed by atoms with Gasteiger partial charge in [-0.05, 0) is 49.6 Å². The zero-order valence-corrected chi connectivity index (χ0v) is 10.6. The quantitative estimate of drug-likeness (QED) is 0.764. The molecule has 0 fully saturated rings. The fraction of sp³-hybridized carbons (Fsp3) is 0.333. The van der Waals surface area contributed by atoms with E-state index in [9.17, 15) is 5.11 Å². The maximum Gasteiger partial charge on any atom is 0.123 e. The van der Waals surface area contributed by atoms with Crippen molar-refractivity contribution >= 4 is 5.57 Å². The molecule has 0 unspecified atom stereocenters. The van der Waals surface area contributed by atoms with Crippen molar-refractivity contribution in [3.05, 3.63) is 47.6 Å². The minimum Gasteiger partial charge on any atom is -0.507 e. The van der Waals surface area contributed by atoms with Gasteiger partial charge in [-0.1, -0.05) is 31.2 Å². The molecule has 0 bridgehead atoms. The van der Waals surface area contributed by atoms with E-state index in [-0.39, 0.29) is 0 Å². The number of allylic oxidation sites excluding steroid dienone is 4.